The summed E-state index contributed by atoms with van der Waals surface area (Å²) in [5.74, 6) is -1.67. The van der Waals surface area contributed by atoms with Gasteiger partial charge in [-0.1, -0.05) is 0 Å². The molecule has 94 valence electrons. The first kappa shape index (κ1) is 12.2. The van der Waals surface area contributed by atoms with Gasteiger partial charge >= 0.3 is 0 Å². The first-order valence-corrected chi connectivity index (χ1v) is 6.26. The summed E-state index contributed by atoms with van der Waals surface area (Å²) in [5, 5.41) is 3.38. The highest BCUT2D eigenvalue weighted by Gasteiger charge is 2.44. The van der Waals surface area contributed by atoms with E-state index in [9.17, 15) is 8.78 Å². The largest absolute Gasteiger partial charge is 0.381 e. The summed E-state index contributed by atoms with van der Waals surface area (Å²) in [5.41, 5.74) is 0. The van der Waals surface area contributed by atoms with Crippen molar-refractivity contribution in [1.82, 2.24) is 5.32 Å². The fourth-order valence-corrected chi connectivity index (χ4v) is 2.61. The van der Waals surface area contributed by atoms with Gasteiger partial charge in [0.25, 0.3) is 0 Å². The summed E-state index contributed by atoms with van der Waals surface area (Å²) in [4.78, 5) is 0. The van der Waals surface area contributed by atoms with Crippen molar-refractivity contribution in [3.05, 3.63) is 0 Å². The first-order valence-electron chi connectivity index (χ1n) is 6.26. The zero-order chi connectivity index (χ0) is 11.6. The van der Waals surface area contributed by atoms with Gasteiger partial charge in [-0.25, -0.2) is 8.78 Å². The average Bonchev–Trinajstić information content (AvgIpc) is 2.24. The summed E-state index contributed by atoms with van der Waals surface area (Å²) in [7, 11) is 0. The van der Waals surface area contributed by atoms with Crippen LogP contribution >= 0.6 is 0 Å². The van der Waals surface area contributed by atoms with E-state index in [0.29, 0.717) is 12.0 Å². The van der Waals surface area contributed by atoms with Crippen molar-refractivity contribution in [3.8, 4) is 0 Å². The van der Waals surface area contributed by atoms with Crippen LogP contribution in [0.2, 0.25) is 0 Å². The standard InChI is InChI=1S/C12H21F2NO/c1-9(11-3-2-4-16-8-11)15-7-10-5-12(13,14)6-10/h9-11,15H,2-8H2,1H3/t9-,11-/m0/s1. The molecule has 0 aromatic rings. The van der Waals surface area contributed by atoms with Gasteiger partial charge < -0.3 is 10.1 Å². The van der Waals surface area contributed by atoms with Crippen LogP contribution < -0.4 is 5.32 Å². The average molecular weight is 233 g/mol. The predicted molar refractivity (Wildman–Crippen MR) is 58.7 cm³/mol. The third kappa shape index (κ3) is 3.14. The van der Waals surface area contributed by atoms with Crippen LogP contribution in [0.1, 0.15) is 32.6 Å². The van der Waals surface area contributed by atoms with Crippen LogP contribution in [-0.2, 0) is 4.74 Å². The Hall–Kier alpha value is -0.220. The molecule has 2 rings (SSSR count). The third-order valence-corrected chi connectivity index (χ3v) is 3.81. The van der Waals surface area contributed by atoms with Crippen LogP contribution in [0.4, 0.5) is 8.78 Å². The lowest BCUT2D eigenvalue weighted by Gasteiger charge is -2.37. The topological polar surface area (TPSA) is 21.3 Å². The lowest BCUT2D eigenvalue weighted by Crippen LogP contribution is -2.45. The molecule has 2 aliphatic rings. The van der Waals surface area contributed by atoms with Crippen molar-refractivity contribution < 1.29 is 13.5 Å². The van der Waals surface area contributed by atoms with E-state index in [4.69, 9.17) is 4.74 Å². The maximum Gasteiger partial charge on any atom is 0.248 e. The Labute approximate surface area is 95.7 Å². The molecule has 2 nitrogen and oxygen atoms in total. The molecule has 0 bridgehead atoms. The van der Waals surface area contributed by atoms with Gasteiger partial charge in [0.05, 0.1) is 6.61 Å². The minimum absolute atomic E-state index is 0.0634. The second kappa shape index (κ2) is 4.96. The fraction of sp³-hybridized carbons (Fsp3) is 1.00. The summed E-state index contributed by atoms with van der Waals surface area (Å²) in [6.45, 7) is 4.55. The quantitative estimate of drug-likeness (QED) is 0.805. The van der Waals surface area contributed by atoms with E-state index in [1.165, 1.54) is 6.42 Å². The van der Waals surface area contributed by atoms with E-state index in [2.05, 4.69) is 12.2 Å². The van der Waals surface area contributed by atoms with Gasteiger partial charge in [0, 0.05) is 25.5 Å². The highest BCUT2D eigenvalue weighted by atomic mass is 19.3. The molecule has 2 atom stereocenters. The Morgan fingerprint density at radius 3 is 2.75 bits per heavy atom. The predicted octanol–water partition coefficient (Wildman–Crippen LogP) is 2.44. The highest BCUT2D eigenvalue weighted by molar-refractivity contribution is 4.88. The SMILES string of the molecule is C[C@H](NCC1CC(F)(F)C1)[C@H]1CCCOC1. The van der Waals surface area contributed by atoms with E-state index in [1.807, 2.05) is 0 Å². The van der Waals surface area contributed by atoms with Gasteiger partial charge in [-0.3, -0.25) is 0 Å². The number of hydrogen-bond donors (Lipinski definition) is 1. The first-order chi connectivity index (χ1) is 7.57. The fourth-order valence-electron chi connectivity index (χ4n) is 2.61. The van der Waals surface area contributed by atoms with Crippen LogP contribution in [0.25, 0.3) is 0 Å². The van der Waals surface area contributed by atoms with E-state index in [-0.39, 0.29) is 18.8 Å². The lowest BCUT2D eigenvalue weighted by molar-refractivity contribution is -0.110. The third-order valence-electron chi connectivity index (χ3n) is 3.81. The molecule has 0 aromatic carbocycles. The molecule has 1 aliphatic heterocycles. The molecule has 0 aromatic heterocycles. The second-order valence-electron chi connectivity index (χ2n) is 5.30. The molecule has 1 heterocycles. The Bertz CT molecular complexity index is 221. The second-order valence-corrected chi connectivity index (χ2v) is 5.30. The number of hydrogen-bond acceptors (Lipinski definition) is 2. The van der Waals surface area contributed by atoms with E-state index in [0.717, 1.165) is 26.2 Å². The molecule has 1 aliphatic carbocycles. The minimum Gasteiger partial charge on any atom is -0.381 e. The van der Waals surface area contributed by atoms with Crippen molar-refractivity contribution in [3.63, 3.8) is 0 Å². The minimum atomic E-state index is -2.39. The van der Waals surface area contributed by atoms with Crippen molar-refractivity contribution >= 4 is 0 Å². The molecule has 2 fully saturated rings. The Balaban J connectivity index is 1.62. The Kier molecular flexibility index (Phi) is 3.80. The number of rotatable bonds is 4. The molecule has 1 N–H and O–H groups in total. The summed E-state index contributed by atoms with van der Waals surface area (Å²) >= 11 is 0. The van der Waals surface area contributed by atoms with Crippen LogP contribution in [0.3, 0.4) is 0 Å². The van der Waals surface area contributed by atoms with Gasteiger partial charge in [0.1, 0.15) is 0 Å². The zero-order valence-corrected chi connectivity index (χ0v) is 9.85. The van der Waals surface area contributed by atoms with Gasteiger partial charge in [-0.15, -0.1) is 0 Å². The van der Waals surface area contributed by atoms with Gasteiger partial charge in [-0.05, 0) is 38.1 Å². The molecule has 0 spiro atoms. The summed E-state index contributed by atoms with van der Waals surface area (Å²) in [6.07, 6.45) is 2.44. The Morgan fingerprint density at radius 1 is 1.44 bits per heavy atom. The van der Waals surface area contributed by atoms with Crippen LogP contribution in [0, 0.1) is 11.8 Å². The summed E-state index contributed by atoms with van der Waals surface area (Å²) < 4.78 is 30.7. The monoisotopic (exact) mass is 233 g/mol. The molecule has 0 unspecified atom stereocenters. The van der Waals surface area contributed by atoms with Gasteiger partial charge in [-0.2, -0.15) is 0 Å². The normalized spacial score (nSPS) is 32.1. The lowest BCUT2D eigenvalue weighted by atomic mass is 9.81. The van der Waals surface area contributed by atoms with Crippen LogP contribution in [-0.4, -0.2) is 31.7 Å². The number of alkyl halides is 2. The number of ether oxygens (including phenoxy) is 1. The molecule has 0 radical (unpaired) electrons. The maximum atomic E-state index is 12.6. The Morgan fingerprint density at radius 2 is 2.19 bits per heavy atom. The van der Waals surface area contributed by atoms with Crippen molar-refractivity contribution in [1.29, 1.82) is 0 Å². The number of nitrogens with one attached hydrogen (secondary N) is 1. The van der Waals surface area contributed by atoms with Crippen molar-refractivity contribution in [2.45, 2.75) is 44.6 Å². The van der Waals surface area contributed by atoms with Gasteiger partial charge in [0.2, 0.25) is 5.92 Å². The van der Waals surface area contributed by atoms with Crippen LogP contribution in [0.15, 0.2) is 0 Å². The molecular weight excluding hydrogens is 212 g/mol. The molecular formula is C12H21F2NO. The number of halogens is 2. The molecule has 4 heteroatoms. The maximum absolute atomic E-state index is 12.6. The van der Waals surface area contributed by atoms with E-state index < -0.39 is 5.92 Å². The molecule has 16 heavy (non-hydrogen) atoms. The van der Waals surface area contributed by atoms with Crippen molar-refractivity contribution in [2.24, 2.45) is 11.8 Å². The zero-order valence-electron chi connectivity index (χ0n) is 9.85. The van der Waals surface area contributed by atoms with Gasteiger partial charge in [0.15, 0.2) is 0 Å². The molecule has 0 amide bonds. The van der Waals surface area contributed by atoms with E-state index >= 15 is 0 Å². The molecule has 1 saturated heterocycles. The molecule has 1 saturated carbocycles. The van der Waals surface area contributed by atoms with Crippen molar-refractivity contribution in [2.75, 3.05) is 19.8 Å². The summed E-state index contributed by atoms with van der Waals surface area (Å²) in [6, 6.07) is 0.384. The smallest absolute Gasteiger partial charge is 0.248 e. The van der Waals surface area contributed by atoms with Crippen LogP contribution in [0.5, 0.6) is 0 Å². The van der Waals surface area contributed by atoms with E-state index in [1.54, 1.807) is 0 Å². The highest BCUT2D eigenvalue weighted by Crippen LogP contribution is 2.41.